The molecule has 6 aromatic carbocycles. The van der Waals surface area contributed by atoms with Crippen LogP contribution in [-0.4, -0.2) is 16.0 Å². The molecule has 5 heteroatoms. The lowest BCUT2D eigenvalue weighted by atomic mass is 9.91. The summed E-state index contributed by atoms with van der Waals surface area (Å²) in [6.07, 6.45) is 14.5. The highest BCUT2D eigenvalue weighted by Crippen LogP contribution is 2.57. The van der Waals surface area contributed by atoms with Gasteiger partial charge in [-0.3, -0.25) is 0 Å². The number of rotatable bonds is 3. The van der Waals surface area contributed by atoms with Gasteiger partial charge in [0, 0.05) is 42.7 Å². The van der Waals surface area contributed by atoms with Crippen LogP contribution in [0.15, 0.2) is 140 Å². The first-order valence-corrected chi connectivity index (χ1v) is 20.0. The molecule has 0 fully saturated rings. The molecule has 0 N–H and O–H groups in total. The molecular formula is C48H31N3S2. The summed E-state index contributed by atoms with van der Waals surface area (Å²) in [5, 5.41) is 7.94. The van der Waals surface area contributed by atoms with Crippen LogP contribution < -0.4 is 4.90 Å². The van der Waals surface area contributed by atoms with E-state index in [1.54, 1.807) is 11.3 Å². The van der Waals surface area contributed by atoms with Gasteiger partial charge in [0.25, 0.3) is 0 Å². The summed E-state index contributed by atoms with van der Waals surface area (Å²) in [5.74, 6) is 0. The van der Waals surface area contributed by atoms with E-state index in [9.17, 15) is 0 Å². The molecule has 0 radical (unpaired) electrons. The van der Waals surface area contributed by atoms with E-state index in [0.29, 0.717) is 0 Å². The van der Waals surface area contributed by atoms with E-state index in [2.05, 4.69) is 151 Å². The van der Waals surface area contributed by atoms with Crippen molar-refractivity contribution in [2.24, 2.45) is 0 Å². The van der Waals surface area contributed by atoms with E-state index < -0.39 is 0 Å². The van der Waals surface area contributed by atoms with Gasteiger partial charge in [-0.2, -0.15) is 0 Å². The predicted molar refractivity (Wildman–Crippen MR) is 228 cm³/mol. The van der Waals surface area contributed by atoms with E-state index in [1.165, 1.54) is 74.7 Å². The Morgan fingerprint density at radius 1 is 0.679 bits per heavy atom. The van der Waals surface area contributed by atoms with Crippen LogP contribution in [0.2, 0.25) is 0 Å². The molecule has 0 spiro atoms. The number of allylic oxidation sites excluding steroid dienone is 3. The molecule has 0 amide bonds. The molecule has 9 aromatic rings. The van der Waals surface area contributed by atoms with Gasteiger partial charge in [-0.15, -0.1) is 22.7 Å². The quantitative estimate of drug-likeness (QED) is 0.183. The zero-order valence-electron chi connectivity index (χ0n) is 28.7. The third-order valence-corrected chi connectivity index (χ3v) is 13.6. The fourth-order valence-electron chi connectivity index (χ4n) is 9.02. The maximum absolute atomic E-state index is 5.37. The third-order valence-electron chi connectivity index (χ3n) is 11.4. The van der Waals surface area contributed by atoms with Crippen LogP contribution in [-0.2, 0) is 6.42 Å². The van der Waals surface area contributed by atoms with Gasteiger partial charge < -0.3 is 4.90 Å². The van der Waals surface area contributed by atoms with Gasteiger partial charge in [0.1, 0.15) is 10.3 Å². The van der Waals surface area contributed by atoms with E-state index >= 15 is 0 Å². The Bertz CT molecular complexity index is 3090. The lowest BCUT2D eigenvalue weighted by Crippen LogP contribution is -2.27. The van der Waals surface area contributed by atoms with Crippen molar-refractivity contribution in [1.29, 1.82) is 0 Å². The van der Waals surface area contributed by atoms with Crippen LogP contribution in [0.5, 0.6) is 0 Å². The number of thiophene rings is 2. The second-order valence-electron chi connectivity index (χ2n) is 14.3. The van der Waals surface area contributed by atoms with Crippen LogP contribution >= 0.6 is 22.7 Å². The van der Waals surface area contributed by atoms with Crippen LogP contribution in [0.25, 0.3) is 86.2 Å². The monoisotopic (exact) mass is 713 g/mol. The second kappa shape index (κ2) is 11.3. The summed E-state index contributed by atoms with van der Waals surface area (Å²) in [5.41, 5.74) is 11.8. The summed E-state index contributed by atoms with van der Waals surface area (Å²) in [4.78, 5) is 15.7. The Morgan fingerprint density at radius 2 is 1.43 bits per heavy atom. The first-order chi connectivity index (χ1) is 26.3. The number of benzene rings is 6. The van der Waals surface area contributed by atoms with Gasteiger partial charge >= 0.3 is 0 Å². The standard InChI is InChI=1S/C48H31N3S2/c1-2-12-28(13-3-1)43-44(50-48-45(49-43)36-19-9-11-21-39(36)53-48)29-22-24-32(25-23-29)51-38-20-10-8-18-35(38)41-33-16-6-7-17-34(33)42-37-26-30-14-4-5-15-31(30)27-40(37)52-47(42)46(41)51/h1-8,10-18,21-27,38H,9,19-20H2. The Morgan fingerprint density at radius 3 is 2.30 bits per heavy atom. The highest BCUT2D eigenvalue weighted by Gasteiger charge is 2.39. The molecule has 1 unspecified atom stereocenters. The molecule has 12 rings (SSSR count). The molecule has 3 aliphatic rings. The zero-order chi connectivity index (χ0) is 34.6. The fraction of sp³-hybridized carbons (Fsp3) is 0.0833. The summed E-state index contributed by atoms with van der Waals surface area (Å²) in [6.45, 7) is 0. The van der Waals surface area contributed by atoms with E-state index in [-0.39, 0.29) is 6.04 Å². The maximum atomic E-state index is 5.37. The molecule has 3 nitrogen and oxygen atoms in total. The van der Waals surface area contributed by atoms with E-state index in [0.717, 1.165) is 52.1 Å². The van der Waals surface area contributed by atoms with Crippen LogP contribution in [0, 0.1) is 0 Å². The van der Waals surface area contributed by atoms with Gasteiger partial charge in [-0.1, -0.05) is 115 Å². The Hall–Kier alpha value is -5.88. The van der Waals surface area contributed by atoms with E-state index in [1.807, 2.05) is 11.3 Å². The summed E-state index contributed by atoms with van der Waals surface area (Å²) < 4.78 is 2.70. The van der Waals surface area contributed by atoms with Crippen molar-refractivity contribution in [2.45, 2.75) is 25.3 Å². The number of nitrogens with zero attached hydrogens (tertiary/aromatic N) is 3. The largest absolute Gasteiger partial charge is 0.332 e. The van der Waals surface area contributed by atoms with Gasteiger partial charge in [0.05, 0.1) is 27.8 Å². The number of fused-ring (bicyclic) bond motifs is 14. The average Bonchev–Trinajstić information content (AvgIpc) is 3.89. The maximum Gasteiger partial charge on any atom is 0.143 e. The molecule has 2 aliphatic carbocycles. The number of hydrogen-bond acceptors (Lipinski definition) is 5. The number of anilines is 2. The molecule has 4 heterocycles. The average molecular weight is 714 g/mol. The lowest BCUT2D eigenvalue weighted by molar-refractivity contribution is 0.831. The third kappa shape index (κ3) is 4.32. The molecular weight excluding hydrogens is 683 g/mol. The Labute approximate surface area is 314 Å². The topological polar surface area (TPSA) is 29.0 Å². The first-order valence-electron chi connectivity index (χ1n) is 18.4. The van der Waals surface area contributed by atoms with Crippen LogP contribution in [0.1, 0.15) is 28.8 Å². The van der Waals surface area contributed by atoms with Gasteiger partial charge in [0.15, 0.2) is 0 Å². The molecule has 0 saturated carbocycles. The Kier molecular flexibility index (Phi) is 6.33. The van der Waals surface area contributed by atoms with E-state index in [4.69, 9.17) is 9.97 Å². The van der Waals surface area contributed by atoms with Gasteiger partial charge in [0.2, 0.25) is 0 Å². The van der Waals surface area contributed by atoms with Crippen molar-refractivity contribution in [3.63, 3.8) is 0 Å². The van der Waals surface area contributed by atoms with Crippen molar-refractivity contribution in [2.75, 3.05) is 4.90 Å². The van der Waals surface area contributed by atoms with Crippen molar-refractivity contribution >= 4 is 97.8 Å². The molecule has 53 heavy (non-hydrogen) atoms. The second-order valence-corrected chi connectivity index (χ2v) is 16.4. The van der Waals surface area contributed by atoms with Crippen molar-refractivity contribution in [3.8, 4) is 22.5 Å². The molecule has 250 valence electrons. The molecule has 1 atom stereocenters. The highest BCUT2D eigenvalue weighted by molar-refractivity contribution is 7.26. The number of aromatic nitrogens is 2. The summed E-state index contributed by atoms with van der Waals surface area (Å²) in [6, 6.07) is 42.5. The number of hydrogen-bond donors (Lipinski definition) is 0. The van der Waals surface area contributed by atoms with Gasteiger partial charge in [-0.25, -0.2) is 9.97 Å². The highest BCUT2D eigenvalue weighted by atomic mass is 32.1. The van der Waals surface area contributed by atoms with Crippen LogP contribution in [0.4, 0.5) is 11.4 Å². The Balaban J connectivity index is 1.07. The van der Waals surface area contributed by atoms with Crippen LogP contribution in [0.3, 0.4) is 0 Å². The predicted octanol–water partition coefficient (Wildman–Crippen LogP) is 13.5. The minimum atomic E-state index is 0.223. The first kappa shape index (κ1) is 29.7. The zero-order valence-corrected chi connectivity index (χ0v) is 30.3. The summed E-state index contributed by atoms with van der Waals surface area (Å²) in [7, 11) is 0. The van der Waals surface area contributed by atoms with Gasteiger partial charge in [-0.05, 0) is 82.3 Å². The molecule has 0 saturated heterocycles. The minimum Gasteiger partial charge on any atom is -0.332 e. The summed E-state index contributed by atoms with van der Waals surface area (Å²) >= 11 is 3.71. The lowest BCUT2D eigenvalue weighted by Gasteiger charge is -2.29. The fourth-order valence-corrected chi connectivity index (χ4v) is 11.4. The SMILES string of the molecule is C1=CCC2C(=C1)c1c(c3sc4cc5ccccc5cc4c3c3ccccc13)N2c1ccc(-c2nc3sc4c(c3nc2-c2ccccc2)CCC=C4)cc1. The van der Waals surface area contributed by atoms with Crippen molar-refractivity contribution in [1.82, 2.24) is 9.97 Å². The van der Waals surface area contributed by atoms with Crippen molar-refractivity contribution < 1.29 is 0 Å². The smallest absolute Gasteiger partial charge is 0.143 e. The normalized spacial score (nSPS) is 16.2. The molecule has 1 aliphatic heterocycles. The molecule has 0 bridgehead atoms. The number of aryl methyl sites for hydroxylation is 1. The minimum absolute atomic E-state index is 0.223. The molecule has 3 aromatic heterocycles. The van der Waals surface area contributed by atoms with Crippen molar-refractivity contribution in [3.05, 3.63) is 156 Å².